The van der Waals surface area contributed by atoms with Crippen LogP contribution >= 0.6 is 23.4 Å². The van der Waals surface area contributed by atoms with E-state index in [-0.39, 0.29) is 23.3 Å². The highest BCUT2D eigenvalue weighted by atomic mass is 35.5. The molecule has 0 bridgehead atoms. The number of nitrogens with zero attached hydrogens (tertiary/aromatic N) is 3. The first kappa shape index (κ1) is 23.6. The number of hydrogen-bond donors (Lipinski definition) is 2. The smallest absolute Gasteiger partial charge is 0.250 e. The highest BCUT2D eigenvalue weighted by Gasteiger charge is 2.20. The van der Waals surface area contributed by atoms with Crippen molar-refractivity contribution in [1.29, 1.82) is 0 Å². The molecule has 1 heterocycles. The Morgan fingerprint density at radius 2 is 2.00 bits per heavy atom. The first-order valence-corrected chi connectivity index (χ1v) is 11.3. The zero-order valence-electron chi connectivity index (χ0n) is 18.0. The Kier molecular flexibility index (Phi) is 7.76. The van der Waals surface area contributed by atoms with Crippen LogP contribution in [0.4, 0.5) is 5.69 Å². The largest absolute Gasteiger partial charge is 0.483 e. The summed E-state index contributed by atoms with van der Waals surface area (Å²) in [6.45, 7) is 6.39. The third-order valence-corrected chi connectivity index (χ3v) is 6.06. The summed E-state index contributed by atoms with van der Waals surface area (Å²) in [5, 5.41) is 12.5. The number of ether oxygens (including phenoxy) is 1. The lowest BCUT2D eigenvalue weighted by molar-refractivity contribution is -0.113. The molecule has 3 aromatic rings. The minimum absolute atomic E-state index is 0.0941. The molecule has 2 amide bonds. The molecule has 8 nitrogen and oxygen atoms in total. The quantitative estimate of drug-likeness (QED) is 0.450. The number of aromatic nitrogens is 3. The summed E-state index contributed by atoms with van der Waals surface area (Å²) in [4.78, 5) is 23.9. The van der Waals surface area contributed by atoms with Crippen LogP contribution in [-0.4, -0.2) is 32.3 Å². The number of nitrogens with two attached hydrogens (primary N) is 1. The number of anilines is 1. The molecule has 0 spiro atoms. The van der Waals surface area contributed by atoms with Crippen molar-refractivity contribution >= 4 is 40.9 Å². The lowest BCUT2D eigenvalue weighted by atomic mass is 10.1. The standard InChI is InChI=1S/C22H24ClN5O3S/c1-4-28-21(14(3)31-15-9-10-17(23)13(2)11-15)26-27-22(28)32-12-19(29)25-18-8-6-5-7-16(18)20(24)30/h5-11,14H,4,12H2,1-3H3,(H2,24,30)(H,25,29). The molecule has 2 aromatic carbocycles. The summed E-state index contributed by atoms with van der Waals surface area (Å²) in [6.07, 6.45) is -0.353. The molecule has 32 heavy (non-hydrogen) atoms. The van der Waals surface area contributed by atoms with Crippen LogP contribution in [0.2, 0.25) is 5.02 Å². The molecule has 168 valence electrons. The number of nitrogens with one attached hydrogen (secondary N) is 1. The first-order chi connectivity index (χ1) is 15.3. The predicted molar refractivity (Wildman–Crippen MR) is 125 cm³/mol. The van der Waals surface area contributed by atoms with E-state index in [0.29, 0.717) is 34.0 Å². The molecule has 1 atom stereocenters. The van der Waals surface area contributed by atoms with Gasteiger partial charge in [0, 0.05) is 11.6 Å². The number of hydrogen-bond acceptors (Lipinski definition) is 6. The van der Waals surface area contributed by atoms with E-state index < -0.39 is 5.91 Å². The summed E-state index contributed by atoms with van der Waals surface area (Å²) >= 11 is 7.33. The Balaban J connectivity index is 1.66. The van der Waals surface area contributed by atoms with E-state index in [9.17, 15) is 9.59 Å². The van der Waals surface area contributed by atoms with Crippen molar-refractivity contribution in [3.63, 3.8) is 0 Å². The number of carbonyl (C=O) groups excluding carboxylic acids is 2. The van der Waals surface area contributed by atoms with Crippen molar-refractivity contribution in [2.45, 2.75) is 38.6 Å². The second-order valence-electron chi connectivity index (χ2n) is 7.00. The van der Waals surface area contributed by atoms with Gasteiger partial charge in [-0.1, -0.05) is 35.5 Å². The van der Waals surface area contributed by atoms with Gasteiger partial charge in [0.25, 0.3) is 5.91 Å². The molecule has 0 fully saturated rings. The third-order valence-electron chi connectivity index (χ3n) is 4.67. The van der Waals surface area contributed by atoms with Crippen LogP contribution in [0.1, 0.15) is 41.7 Å². The fourth-order valence-corrected chi connectivity index (χ4v) is 4.00. The lowest BCUT2D eigenvalue weighted by Crippen LogP contribution is -2.19. The van der Waals surface area contributed by atoms with Crippen molar-refractivity contribution in [2.75, 3.05) is 11.1 Å². The topological polar surface area (TPSA) is 112 Å². The van der Waals surface area contributed by atoms with Gasteiger partial charge in [0.15, 0.2) is 17.1 Å². The van der Waals surface area contributed by atoms with E-state index in [4.69, 9.17) is 22.1 Å². The van der Waals surface area contributed by atoms with Crippen LogP contribution in [0.25, 0.3) is 0 Å². The van der Waals surface area contributed by atoms with E-state index in [1.165, 1.54) is 11.8 Å². The maximum absolute atomic E-state index is 12.4. The van der Waals surface area contributed by atoms with Crippen molar-refractivity contribution in [3.05, 3.63) is 64.4 Å². The van der Waals surface area contributed by atoms with Gasteiger partial charge < -0.3 is 20.4 Å². The molecule has 0 saturated heterocycles. The van der Waals surface area contributed by atoms with Gasteiger partial charge in [0.05, 0.1) is 17.0 Å². The Morgan fingerprint density at radius 1 is 1.25 bits per heavy atom. The molecule has 1 aromatic heterocycles. The normalized spacial score (nSPS) is 11.8. The minimum atomic E-state index is -0.603. The van der Waals surface area contributed by atoms with Crippen LogP contribution < -0.4 is 15.8 Å². The number of aryl methyl sites for hydroxylation is 1. The van der Waals surface area contributed by atoms with Gasteiger partial charge in [0.2, 0.25) is 5.91 Å². The predicted octanol–water partition coefficient (Wildman–Crippen LogP) is 4.23. The summed E-state index contributed by atoms with van der Waals surface area (Å²) < 4.78 is 7.92. The molecule has 10 heteroatoms. The first-order valence-electron chi connectivity index (χ1n) is 9.97. The van der Waals surface area contributed by atoms with Crippen LogP contribution in [0, 0.1) is 6.92 Å². The molecule has 0 aliphatic carbocycles. The second kappa shape index (κ2) is 10.5. The maximum atomic E-state index is 12.4. The molecule has 1 unspecified atom stereocenters. The fourth-order valence-electron chi connectivity index (χ4n) is 3.08. The lowest BCUT2D eigenvalue weighted by Gasteiger charge is -2.16. The Labute approximate surface area is 195 Å². The van der Waals surface area contributed by atoms with Crippen LogP contribution in [0.15, 0.2) is 47.6 Å². The molecule has 3 rings (SSSR count). The fraction of sp³-hybridized carbons (Fsp3) is 0.273. The Bertz CT molecular complexity index is 1130. The number of benzene rings is 2. The van der Waals surface area contributed by atoms with Crippen molar-refractivity contribution < 1.29 is 14.3 Å². The zero-order valence-corrected chi connectivity index (χ0v) is 19.5. The van der Waals surface area contributed by atoms with Gasteiger partial charge in [-0.25, -0.2) is 0 Å². The van der Waals surface area contributed by atoms with E-state index >= 15 is 0 Å². The number of amides is 2. The van der Waals surface area contributed by atoms with Gasteiger partial charge in [-0.2, -0.15) is 0 Å². The van der Waals surface area contributed by atoms with Gasteiger partial charge in [-0.05, 0) is 56.7 Å². The number of thioether (sulfide) groups is 1. The van der Waals surface area contributed by atoms with Crippen molar-refractivity contribution in [3.8, 4) is 5.75 Å². The number of primary amides is 1. The molecule has 0 radical (unpaired) electrons. The van der Waals surface area contributed by atoms with Gasteiger partial charge >= 0.3 is 0 Å². The third kappa shape index (κ3) is 5.60. The maximum Gasteiger partial charge on any atom is 0.250 e. The van der Waals surface area contributed by atoms with Gasteiger partial charge in [-0.15, -0.1) is 10.2 Å². The SMILES string of the molecule is CCn1c(SCC(=O)Nc2ccccc2C(N)=O)nnc1C(C)Oc1ccc(Cl)c(C)c1. The molecule has 0 aliphatic heterocycles. The summed E-state index contributed by atoms with van der Waals surface area (Å²) in [6, 6.07) is 12.1. The molecule has 0 saturated carbocycles. The van der Waals surface area contributed by atoms with E-state index in [1.807, 2.05) is 37.5 Å². The number of halogens is 1. The molecule has 3 N–H and O–H groups in total. The monoisotopic (exact) mass is 473 g/mol. The summed E-state index contributed by atoms with van der Waals surface area (Å²) in [5.74, 6) is 0.552. The second-order valence-corrected chi connectivity index (χ2v) is 8.35. The number of rotatable bonds is 9. The van der Waals surface area contributed by atoms with E-state index in [2.05, 4.69) is 15.5 Å². The van der Waals surface area contributed by atoms with E-state index in [0.717, 1.165) is 5.56 Å². The molecule has 0 aliphatic rings. The summed E-state index contributed by atoms with van der Waals surface area (Å²) in [5.41, 5.74) is 6.92. The van der Waals surface area contributed by atoms with Crippen molar-refractivity contribution in [2.24, 2.45) is 5.73 Å². The van der Waals surface area contributed by atoms with Crippen LogP contribution in [0.3, 0.4) is 0 Å². The average molecular weight is 474 g/mol. The van der Waals surface area contributed by atoms with Gasteiger partial charge in [-0.3, -0.25) is 9.59 Å². The summed E-state index contributed by atoms with van der Waals surface area (Å²) in [7, 11) is 0. The van der Waals surface area contributed by atoms with Gasteiger partial charge in [0.1, 0.15) is 5.75 Å². The van der Waals surface area contributed by atoms with Crippen LogP contribution in [-0.2, 0) is 11.3 Å². The number of para-hydroxylation sites is 1. The average Bonchev–Trinajstić information content (AvgIpc) is 3.18. The van der Waals surface area contributed by atoms with Crippen molar-refractivity contribution in [1.82, 2.24) is 14.8 Å². The molecular weight excluding hydrogens is 450 g/mol. The highest BCUT2D eigenvalue weighted by Crippen LogP contribution is 2.27. The zero-order chi connectivity index (χ0) is 23.3. The highest BCUT2D eigenvalue weighted by molar-refractivity contribution is 7.99. The van der Waals surface area contributed by atoms with Crippen LogP contribution in [0.5, 0.6) is 5.75 Å². The Morgan fingerprint density at radius 3 is 2.69 bits per heavy atom. The Hall–Kier alpha value is -3.04. The molecular formula is C22H24ClN5O3S. The number of carbonyl (C=O) groups is 2. The minimum Gasteiger partial charge on any atom is -0.483 e. The van der Waals surface area contributed by atoms with E-state index in [1.54, 1.807) is 30.3 Å².